The first-order valence-electron chi connectivity index (χ1n) is 9.39. The van der Waals surface area contributed by atoms with Crippen molar-refractivity contribution in [2.45, 2.75) is 26.7 Å². The molecule has 28 heavy (non-hydrogen) atoms. The van der Waals surface area contributed by atoms with Gasteiger partial charge < -0.3 is 19.3 Å². The first-order chi connectivity index (χ1) is 13.3. The summed E-state index contributed by atoms with van der Waals surface area (Å²) in [5, 5.41) is 0.602. The largest absolute Gasteiger partial charge is 0.483 e. The molecule has 2 amide bonds. The van der Waals surface area contributed by atoms with Gasteiger partial charge in [-0.05, 0) is 50.5 Å². The molecule has 8 heteroatoms. The van der Waals surface area contributed by atoms with Crippen LogP contribution in [0.15, 0.2) is 18.2 Å². The van der Waals surface area contributed by atoms with E-state index in [0.717, 1.165) is 5.56 Å². The molecule has 1 aliphatic rings. The predicted molar refractivity (Wildman–Crippen MR) is 105 cm³/mol. The summed E-state index contributed by atoms with van der Waals surface area (Å²) in [7, 11) is 1.57. The molecule has 0 spiro atoms. The number of esters is 1. The summed E-state index contributed by atoms with van der Waals surface area (Å²) in [4.78, 5) is 39.5. The molecule has 1 aromatic rings. The number of benzene rings is 1. The second-order valence-electron chi connectivity index (χ2n) is 6.86. The molecule has 1 aromatic carbocycles. The van der Waals surface area contributed by atoms with Crippen molar-refractivity contribution in [3.05, 3.63) is 28.8 Å². The molecule has 2 rings (SSSR count). The molecule has 0 aromatic heterocycles. The Kier molecular flexibility index (Phi) is 8.11. The van der Waals surface area contributed by atoms with Gasteiger partial charge in [0.15, 0.2) is 6.61 Å². The Labute approximate surface area is 170 Å². The molecule has 0 bridgehead atoms. The monoisotopic (exact) mass is 410 g/mol. The second kappa shape index (κ2) is 10.3. The fourth-order valence-corrected chi connectivity index (χ4v) is 3.27. The van der Waals surface area contributed by atoms with Crippen molar-refractivity contribution < 1.29 is 23.9 Å². The number of rotatable bonds is 7. The van der Waals surface area contributed by atoms with Crippen molar-refractivity contribution in [2.24, 2.45) is 5.92 Å². The van der Waals surface area contributed by atoms with E-state index in [-0.39, 0.29) is 36.9 Å². The molecule has 1 aliphatic heterocycles. The highest BCUT2D eigenvalue weighted by Crippen LogP contribution is 2.22. The average molecular weight is 411 g/mol. The van der Waals surface area contributed by atoms with Crippen LogP contribution in [0.25, 0.3) is 0 Å². The smallest absolute Gasteiger partial charge is 0.309 e. The number of likely N-dealkylation sites (tertiary alicyclic amines) is 1. The van der Waals surface area contributed by atoms with Gasteiger partial charge in [0.05, 0.1) is 19.1 Å². The number of hydrogen-bond donors (Lipinski definition) is 0. The molecule has 0 unspecified atom stereocenters. The molecule has 0 aliphatic carbocycles. The maximum atomic E-state index is 12.4. The van der Waals surface area contributed by atoms with Crippen molar-refractivity contribution >= 4 is 29.4 Å². The summed E-state index contributed by atoms with van der Waals surface area (Å²) in [6.07, 6.45) is 1.17. The van der Waals surface area contributed by atoms with Gasteiger partial charge in [0.25, 0.3) is 5.91 Å². The molecule has 1 fully saturated rings. The van der Waals surface area contributed by atoms with E-state index in [4.69, 9.17) is 21.1 Å². The van der Waals surface area contributed by atoms with Gasteiger partial charge in [-0.1, -0.05) is 11.6 Å². The van der Waals surface area contributed by atoms with Crippen molar-refractivity contribution in [3.8, 4) is 5.75 Å². The van der Waals surface area contributed by atoms with Crippen LogP contribution in [0.4, 0.5) is 0 Å². The number of carbonyl (C=O) groups excluding carboxylic acids is 3. The summed E-state index contributed by atoms with van der Waals surface area (Å²) < 4.78 is 10.6. The van der Waals surface area contributed by atoms with Crippen LogP contribution >= 0.6 is 11.6 Å². The number of halogens is 1. The molecule has 1 heterocycles. The van der Waals surface area contributed by atoms with Crippen LogP contribution in [0, 0.1) is 12.8 Å². The van der Waals surface area contributed by atoms with Gasteiger partial charge in [0, 0.05) is 25.2 Å². The van der Waals surface area contributed by atoms with E-state index in [0.29, 0.717) is 43.3 Å². The van der Waals surface area contributed by atoms with Crippen molar-refractivity contribution in [1.29, 1.82) is 0 Å². The minimum Gasteiger partial charge on any atom is -0.483 e. The van der Waals surface area contributed by atoms with Crippen molar-refractivity contribution in [3.63, 3.8) is 0 Å². The molecule has 0 atom stereocenters. The van der Waals surface area contributed by atoms with E-state index in [1.165, 1.54) is 4.90 Å². The number of carbonyl (C=O) groups is 3. The fourth-order valence-electron chi connectivity index (χ4n) is 3.04. The third-order valence-electron chi connectivity index (χ3n) is 4.75. The number of likely N-dealkylation sites (N-methyl/N-ethyl adjacent to an activating group) is 1. The molecular weight excluding hydrogens is 384 g/mol. The molecule has 154 valence electrons. The van der Waals surface area contributed by atoms with E-state index in [2.05, 4.69) is 0 Å². The summed E-state index contributed by atoms with van der Waals surface area (Å²) in [6, 6.07) is 5.17. The van der Waals surface area contributed by atoms with Crippen LogP contribution in [0.5, 0.6) is 5.75 Å². The SMILES string of the molecule is CCOC(=O)C1CCN(C(=O)CN(C)C(=O)COc2ccc(Cl)cc2C)CC1. The van der Waals surface area contributed by atoms with E-state index < -0.39 is 0 Å². The summed E-state index contributed by atoms with van der Waals surface area (Å²) in [6.45, 7) is 4.79. The Bertz CT molecular complexity index is 717. The maximum absolute atomic E-state index is 12.4. The topological polar surface area (TPSA) is 76.2 Å². The zero-order chi connectivity index (χ0) is 20.7. The van der Waals surface area contributed by atoms with Crippen LogP contribution in [0.1, 0.15) is 25.3 Å². The Balaban J connectivity index is 1.77. The van der Waals surface area contributed by atoms with E-state index in [1.807, 2.05) is 6.92 Å². The average Bonchev–Trinajstić information content (AvgIpc) is 2.67. The lowest BCUT2D eigenvalue weighted by atomic mass is 9.97. The van der Waals surface area contributed by atoms with Gasteiger partial charge in [0.2, 0.25) is 5.91 Å². The second-order valence-corrected chi connectivity index (χ2v) is 7.29. The number of ether oxygens (including phenoxy) is 2. The minimum atomic E-state index is -0.288. The Morgan fingerprint density at radius 1 is 1.25 bits per heavy atom. The Morgan fingerprint density at radius 2 is 1.93 bits per heavy atom. The lowest BCUT2D eigenvalue weighted by Crippen LogP contribution is -2.46. The quantitative estimate of drug-likeness (QED) is 0.644. The molecule has 0 N–H and O–H groups in total. The third kappa shape index (κ3) is 6.12. The summed E-state index contributed by atoms with van der Waals surface area (Å²) in [5.41, 5.74) is 0.837. The van der Waals surface area contributed by atoms with Gasteiger partial charge >= 0.3 is 5.97 Å². The Hall–Kier alpha value is -2.28. The Morgan fingerprint density at radius 3 is 2.54 bits per heavy atom. The van der Waals surface area contributed by atoms with Crippen LogP contribution in [-0.4, -0.2) is 67.5 Å². The first-order valence-corrected chi connectivity index (χ1v) is 9.77. The zero-order valence-corrected chi connectivity index (χ0v) is 17.3. The van der Waals surface area contributed by atoms with Gasteiger partial charge in [-0.15, -0.1) is 0 Å². The van der Waals surface area contributed by atoms with Gasteiger partial charge in [0.1, 0.15) is 5.75 Å². The fraction of sp³-hybridized carbons (Fsp3) is 0.550. The van der Waals surface area contributed by atoms with E-state index in [9.17, 15) is 14.4 Å². The highest BCUT2D eigenvalue weighted by molar-refractivity contribution is 6.30. The first kappa shape index (κ1) is 22.0. The third-order valence-corrected chi connectivity index (χ3v) is 4.99. The normalized spacial score (nSPS) is 14.5. The number of piperidine rings is 1. The van der Waals surface area contributed by atoms with Crippen LogP contribution in [0.3, 0.4) is 0 Å². The number of aryl methyl sites for hydroxylation is 1. The molecular formula is C20H27ClN2O5. The number of amides is 2. The highest BCUT2D eigenvalue weighted by Gasteiger charge is 2.29. The van der Waals surface area contributed by atoms with Gasteiger partial charge in [-0.2, -0.15) is 0 Å². The lowest BCUT2D eigenvalue weighted by Gasteiger charge is -2.32. The van der Waals surface area contributed by atoms with Crippen molar-refractivity contribution in [2.75, 3.05) is 39.9 Å². The van der Waals surface area contributed by atoms with Crippen molar-refractivity contribution in [1.82, 2.24) is 9.80 Å². The van der Waals surface area contributed by atoms with Gasteiger partial charge in [-0.3, -0.25) is 14.4 Å². The van der Waals surface area contributed by atoms with Crippen LogP contribution < -0.4 is 4.74 Å². The predicted octanol–water partition coefficient (Wildman–Crippen LogP) is 2.29. The molecule has 0 radical (unpaired) electrons. The zero-order valence-electron chi connectivity index (χ0n) is 16.6. The van der Waals surface area contributed by atoms with Crippen LogP contribution in [0.2, 0.25) is 5.02 Å². The van der Waals surface area contributed by atoms with Gasteiger partial charge in [-0.25, -0.2) is 0 Å². The summed E-state index contributed by atoms with van der Waals surface area (Å²) >= 11 is 5.90. The lowest BCUT2D eigenvalue weighted by molar-refractivity contribution is -0.151. The molecule has 7 nitrogen and oxygen atoms in total. The minimum absolute atomic E-state index is 0.0220. The number of nitrogens with zero attached hydrogens (tertiary/aromatic N) is 2. The molecule has 0 saturated carbocycles. The summed E-state index contributed by atoms with van der Waals surface area (Å²) in [5.74, 6) is -0.195. The van der Waals surface area contributed by atoms with E-state index in [1.54, 1.807) is 37.1 Å². The van der Waals surface area contributed by atoms with Crippen LogP contribution in [-0.2, 0) is 19.1 Å². The highest BCUT2D eigenvalue weighted by atomic mass is 35.5. The maximum Gasteiger partial charge on any atom is 0.309 e. The molecule has 1 saturated heterocycles. The number of hydrogen-bond acceptors (Lipinski definition) is 5. The van der Waals surface area contributed by atoms with E-state index >= 15 is 0 Å². The standard InChI is InChI=1S/C20H27ClN2O5/c1-4-27-20(26)15-7-9-23(10-8-15)18(24)12-22(3)19(25)13-28-17-6-5-16(21)11-14(17)2/h5-6,11,15H,4,7-10,12-13H2,1-3H3.